The molecule has 52 heavy (non-hydrogen) atoms. The van der Waals surface area contributed by atoms with Crippen molar-refractivity contribution in [2.75, 3.05) is 0 Å². The van der Waals surface area contributed by atoms with Gasteiger partial charge in [0, 0.05) is 33.5 Å². The molecule has 0 amide bonds. The molecule has 1 heterocycles. The monoisotopic (exact) mass is 813 g/mol. The van der Waals surface area contributed by atoms with Gasteiger partial charge >= 0.3 is 5.97 Å². The molecule has 2 N–H and O–H groups in total. The predicted octanol–water partition coefficient (Wildman–Crippen LogP) is 7.76. The van der Waals surface area contributed by atoms with Gasteiger partial charge < -0.3 is 10.2 Å². The SMILES string of the molecule is CC(=O)O.O=C(O)c1ccccn1.[Pd].c1ccc(P(c2ccccc2)c2ccccc2)cc1.c1ccc(P(c2ccccc2)c2ccccc2)cc1. The Labute approximate surface area is 322 Å². The van der Waals surface area contributed by atoms with E-state index in [2.05, 4.69) is 187 Å². The largest absolute Gasteiger partial charge is 0.481 e. The van der Waals surface area contributed by atoms with E-state index in [0.717, 1.165) is 6.92 Å². The van der Waals surface area contributed by atoms with Crippen LogP contribution in [0.25, 0.3) is 0 Å². The number of rotatable bonds is 7. The van der Waals surface area contributed by atoms with Crippen LogP contribution in [-0.4, -0.2) is 27.1 Å². The van der Waals surface area contributed by atoms with Gasteiger partial charge in [-0.05, 0) is 59.8 Å². The predicted molar refractivity (Wildman–Crippen MR) is 215 cm³/mol. The number of nitrogens with zero attached hydrogens (tertiary/aromatic N) is 1. The van der Waals surface area contributed by atoms with E-state index < -0.39 is 27.8 Å². The first-order valence-electron chi connectivity index (χ1n) is 16.2. The van der Waals surface area contributed by atoms with E-state index in [1.165, 1.54) is 44.1 Å². The molecule has 0 aliphatic heterocycles. The van der Waals surface area contributed by atoms with Crippen LogP contribution in [0, 0.1) is 0 Å². The molecule has 5 nitrogen and oxygen atoms in total. The quantitative estimate of drug-likeness (QED) is 0.127. The average Bonchev–Trinajstić information content (AvgIpc) is 3.18. The summed E-state index contributed by atoms with van der Waals surface area (Å²) in [6, 6.07) is 69.4. The summed E-state index contributed by atoms with van der Waals surface area (Å²) in [5, 5.41) is 24.1. The Morgan fingerprint density at radius 1 is 0.404 bits per heavy atom. The molecule has 7 rings (SSSR count). The Morgan fingerprint density at radius 3 is 0.769 bits per heavy atom. The number of carboxylic acid groups (broad SMARTS) is 2. The number of aliphatic carboxylic acids is 1. The van der Waals surface area contributed by atoms with Crippen LogP contribution in [0.1, 0.15) is 17.4 Å². The van der Waals surface area contributed by atoms with Crippen LogP contribution in [0.4, 0.5) is 0 Å². The first-order chi connectivity index (χ1) is 24.9. The van der Waals surface area contributed by atoms with Crippen molar-refractivity contribution in [2.24, 2.45) is 0 Å². The van der Waals surface area contributed by atoms with Crippen LogP contribution in [0.5, 0.6) is 0 Å². The van der Waals surface area contributed by atoms with Crippen LogP contribution in [-0.2, 0) is 25.2 Å². The van der Waals surface area contributed by atoms with Gasteiger partial charge in [0.15, 0.2) is 0 Å². The number of carbonyl (C=O) groups is 2. The first kappa shape index (κ1) is 41.4. The molecule has 6 aromatic carbocycles. The summed E-state index contributed by atoms with van der Waals surface area (Å²) in [7, 11) is -0.892. The van der Waals surface area contributed by atoms with Crippen molar-refractivity contribution in [2.45, 2.75) is 6.92 Å². The number of benzene rings is 6. The average molecular weight is 814 g/mol. The molecule has 1 aromatic heterocycles. The third kappa shape index (κ3) is 13.9. The molecule has 0 saturated carbocycles. The number of hydrogen-bond acceptors (Lipinski definition) is 3. The van der Waals surface area contributed by atoms with Crippen molar-refractivity contribution in [3.8, 4) is 0 Å². The summed E-state index contributed by atoms with van der Waals surface area (Å²) < 4.78 is 0. The van der Waals surface area contributed by atoms with E-state index in [-0.39, 0.29) is 26.1 Å². The molecule has 0 atom stereocenters. The third-order valence-corrected chi connectivity index (χ3v) is 11.9. The Bertz CT molecular complexity index is 1680. The second kappa shape index (κ2) is 23.4. The summed E-state index contributed by atoms with van der Waals surface area (Å²) >= 11 is 0. The zero-order valence-electron chi connectivity index (χ0n) is 28.5. The first-order valence-corrected chi connectivity index (χ1v) is 18.9. The maximum atomic E-state index is 10.1. The molecule has 264 valence electrons. The van der Waals surface area contributed by atoms with Crippen LogP contribution >= 0.6 is 15.8 Å². The maximum Gasteiger partial charge on any atom is 0.354 e. The molecule has 0 radical (unpaired) electrons. The minimum atomic E-state index is -0.990. The van der Waals surface area contributed by atoms with Gasteiger partial charge in [-0.25, -0.2) is 9.78 Å². The number of carboxylic acids is 2. The number of pyridine rings is 1. The smallest absolute Gasteiger partial charge is 0.354 e. The van der Waals surface area contributed by atoms with Crippen molar-refractivity contribution >= 4 is 59.6 Å². The number of aromatic nitrogens is 1. The molecule has 0 unspecified atom stereocenters. The van der Waals surface area contributed by atoms with E-state index >= 15 is 0 Å². The molecule has 0 aliphatic carbocycles. The topological polar surface area (TPSA) is 87.5 Å². The zero-order chi connectivity index (χ0) is 36.1. The van der Waals surface area contributed by atoms with Crippen molar-refractivity contribution in [3.05, 3.63) is 212 Å². The van der Waals surface area contributed by atoms with E-state index in [9.17, 15) is 4.79 Å². The van der Waals surface area contributed by atoms with Gasteiger partial charge in [-0.3, -0.25) is 4.79 Å². The molecule has 0 bridgehead atoms. The fourth-order valence-corrected chi connectivity index (χ4v) is 9.46. The van der Waals surface area contributed by atoms with Gasteiger partial charge in [0.2, 0.25) is 0 Å². The molecule has 0 fully saturated rings. The molecule has 7 aromatic rings. The van der Waals surface area contributed by atoms with Gasteiger partial charge in [-0.2, -0.15) is 0 Å². The van der Waals surface area contributed by atoms with Gasteiger partial charge in [-0.15, -0.1) is 0 Å². The van der Waals surface area contributed by atoms with Crippen LogP contribution in [0.3, 0.4) is 0 Å². The fraction of sp³-hybridized carbons (Fsp3) is 0.0227. The molecule has 0 spiro atoms. The van der Waals surface area contributed by atoms with Crippen molar-refractivity contribution in [1.29, 1.82) is 0 Å². The van der Waals surface area contributed by atoms with E-state index in [0.29, 0.717) is 0 Å². The van der Waals surface area contributed by atoms with Crippen molar-refractivity contribution in [3.63, 3.8) is 0 Å². The molecular weight excluding hydrogens is 775 g/mol. The Balaban J connectivity index is 0.000000209. The zero-order valence-corrected chi connectivity index (χ0v) is 31.8. The second-order valence-corrected chi connectivity index (χ2v) is 15.2. The number of aromatic carboxylic acids is 1. The summed E-state index contributed by atoms with van der Waals surface area (Å²) in [5.41, 5.74) is 0.0810. The van der Waals surface area contributed by atoms with Crippen LogP contribution in [0.2, 0.25) is 0 Å². The maximum absolute atomic E-state index is 10.1. The van der Waals surface area contributed by atoms with E-state index in [4.69, 9.17) is 15.0 Å². The van der Waals surface area contributed by atoms with Gasteiger partial charge in [0.25, 0.3) is 5.97 Å². The minimum absolute atomic E-state index is 0. The Hall–Kier alpha value is -5.07. The Morgan fingerprint density at radius 2 is 0.615 bits per heavy atom. The van der Waals surface area contributed by atoms with E-state index in [1.54, 1.807) is 12.1 Å². The normalized spacial score (nSPS) is 9.75. The molecule has 8 heteroatoms. The summed E-state index contributed by atoms with van der Waals surface area (Å²) in [6.45, 7) is 1.08. The van der Waals surface area contributed by atoms with E-state index in [1.807, 2.05) is 0 Å². The van der Waals surface area contributed by atoms with Gasteiger partial charge in [0.1, 0.15) is 5.69 Å². The summed E-state index contributed by atoms with van der Waals surface area (Å²) in [4.78, 5) is 22.7. The van der Waals surface area contributed by atoms with Crippen LogP contribution < -0.4 is 31.8 Å². The second-order valence-electron chi connectivity index (χ2n) is 10.7. The van der Waals surface area contributed by atoms with Gasteiger partial charge in [0.05, 0.1) is 0 Å². The fourth-order valence-electron chi connectivity index (χ4n) is 4.85. The van der Waals surface area contributed by atoms with Crippen LogP contribution in [0.15, 0.2) is 206 Å². The minimum Gasteiger partial charge on any atom is -0.481 e. The van der Waals surface area contributed by atoms with Crippen molar-refractivity contribution < 1.29 is 40.2 Å². The number of hydrogen-bond donors (Lipinski definition) is 2. The summed E-state index contributed by atoms with van der Waals surface area (Å²) in [6.07, 6.45) is 1.45. The summed E-state index contributed by atoms with van der Waals surface area (Å²) in [5.74, 6) is -1.82. The van der Waals surface area contributed by atoms with Gasteiger partial charge in [-0.1, -0.05) is 188 Å². The Kier molecular flexibility index (Phi) is 18.6. The van der Waals surface area contributed by atoms with Crippen molar-refractivity contribution in [1.82, 2.24) is 4.98 Å². The molecule has 0 saturated heterocycles. The molecule has 0 aliphatic rings. The third-order valence-electron chi connectivity index (χ3n) is 6.97. The standard InChI is InChI=1S/2C18H15P.C6H5NO2.C2H4O2.Pd/c2*1-4-10-16(11-5-1)19(17-12-6-2-7-13-17)18-14-8-3-9-15-18;8-6(9)5-3-1-2-4-7-5;1-2(3)4;/h2*1-15H;1-4H,(H,8,9);1H3,(H,3,4);. The molecular formula is C44H39NO4P2Pd.